The van der Waals surface area contributed by atoms with Gasteiger partial charge in [0.05, 0.1) is 5.02 Å². The summed E-state index contributed by atoms with van der Waals surface area (Å²) in [5.41, 5.74) is 0. The van der Waals surface area contributed by atoms with Crippen molar-refractivity contribution in [2.75, 3.05) is 11.9 Å². The van der Waals surface area contributed by atoms with E-state index in [0.717, 1.165) is 12.8 Å². The summed E-state index contributed by atoms with van der Waals surface area (Å²) in [6, 6.07) is 1.29. The smallest absolute Gasteiger partial charge is 0.242 e. The Hall–Kier alpha value is -0.850. The van der Waals surface area contributed by atoms with Crippen LogP contribution in [-0.4, -0.2) is 26.0 Å². The van der Waals surface area contributed by atoms with Crippen LogP contribution in [0.3, 0.4) is 0 Å². The first-order valence-electron chi connectivity index (χ1n) is 7.21. The van der Waals surface area contributed by atoms with Crippen molar-refractivity contribution < 1.29 is 8.42 Å². The second kappa shape index (κ2) is 7.96. The minimum Gasteiger partial charge on any atom is -0.369 e. The van der Waals surface area contributed by atoms with Gasteiger partial charge in [-0.05, 0) is 32.3 Å². The lowest BCUT2D eigenvalue weighted by molar-refractivity contribution is 0.445. The summed E-state index contributed by atoms with van der Waals surface area (Å²) >= 11 is 6.04. The summed E-state index contributed by atoms with van der Waals surface area (Å²) in [5, 5.41) is 3.27. The molecule has 0 aromatic carbocycles. The summed E-state index contributed by atoms with van der Waals surface area (Å²) < 4.78 is 27.3. The Morgan fingerprint density at radius 2 is 2.00 bits per heavy atom. The second-order valence-corrected chi connectivity index (χ2v) is 7.42. The Bertz CT molecular complexity index is 563. The fourth-order valence-electron chi connectivity index (χ4n) is 2.02. The third-order valence-electron chi connectivity index (χ3n) is 3.28. The standard InChI is InChI=1S/C14H24ClN3O2S/c1-5-10(3)7-11(4)18-21(19,20)12-8-13(15)14(16-6-2)17-9-12/h8-11,18H,5-7H2,1-4H3,(H,16,17). The van der Waals surface area contributed by atoms with Gasteiger partial charge >= 0.3 is 0 Å². The lowest BCUT2D eigenvalue weighted by Crippen LogP contribution is -2.33. The van der Waals surface area contributed by atoms with Gasteiger partial charge in [0.2, 0.25) is 10.0 Å². The molecule has 0 saturated heterocycles. The van der Waals surface area contributed by atoms with Gasteiger partial charge in [0.25, 0.3) is 0 Å². The first-order valence-corrected chi connectivity index (χ1v) is 9.08. The molecule has 0 aliphatic carbocycles. The molecule has 2 atom stereocenters. The molecule has 5 nitrogen and oxygen atoms in total. The Morgan fingerprint density at radius 3 is 2.52 bits per heavy atom. The van der Waals surface area contributed by atoms with Gasteiger partial charge in [0.15, 0.2) is 0 Å². The maximum Gasteiger partial charge on any atom is 0.242 e. The fourth-order valence-corrected chi connectivity index (χ4v) is 3.54. The van der Waals surface area contributed by atoms with Gasteiger partial charge in [-0.1, -0.05) is 31.9 Å². The van der Waals surface area contributed by atoms with Crippen LogP contribution in [0.25, 0.3) is 0 Å². The molecular formula is C14H24ClN3O2S. The van der Waals surface area contributed by atoms with E-state index < -0.39 is 10.0 Å². The largest absolute Gasteiger partial charge is 0.369 e. The third-order valence-corrected chi connectivity index (χ3v) is 5.12. The lowest BCUT2D eigenvalue weighted by Gasteiger charge is -2.17. The van der Waals surface area contributed by atoms with Gasteiger partial charge < -0.3 is 5.32 Å². The zero-order valence-corrected chi connectivity index (χ0v) is 14.6. The molecule has 1 aromatic rings. The molecule has 1 rings (SSSR count). The molecule has 1 aromatic heterocycles. The van der Waals surface area contributed by atoms with E-state index in [1.165, 1.54) is 12.3 Å². The SMILES string of the molecule is CCNc1ncc(S(=O)(=O)NC(C)CC(C)CC)cc1Cl. The molecule has 0 spiro atoms. The van der Waals surface area contributed by atoms with E-state index in [1.54, 1.807) is 0 Å². The Labute approximate surface area is 132 Å². The predicted molar refractivity (Wildman–Crippen MR) is 87.3 cm³/mol. The van der Waals surface area contributed by atoms with Crippen LogP contribution in [-0.2, 0) is 10.0 Å². The number of hydrogen-bond donors (Lipinski definition) is 2. The first-order chi connectivity index (χ1) is 9.80. The monoisotopic (exact) mass is 333 g/mol. The number of nitrogens with zero attached hydrogens (tertiary/aromatic N) is 1. The number of pyridine rings is 1. The van der Waals surface area contributed by atoms with E-state index in [4.69, 9.17) is 11.6 Å². The van der Waals surface area contributed by atoms with E-state index in [2.05, 4.69) is 28.9 Å². The highest BCUT2D eigenvalue weighted by Crippen LogP contribution is 2.22. The van der Waals surface area contributed by atoms with Gasteiger partial charge in [-0.15, -0.1) is 0 Å². The number of aromatic nitrogens is 1. The van der Waals surface area contributed by atoms with Gasteiger partial charge in [-0.2, -0.15) is 0 Å². The van der Waals surface area contributed by atoms with Gasteiger partial charge in [0.1, 0.15) is 10.7 Å². The maximum atomic E-state index is 12.3. The van der Waals surface area contributed by atoms with Crippen molar-refractivity contribution in [3.63, 3.8) is 0 Å². The quantitative estimate of drug-likeness (QED) is 0.766. The molecule has 21 heavy (non-hydrogen) atoms. The van der Waals surface area contributed by atoms with Crippen molar-refractivity contribution in [2.24, 2.45) is 5.92 Å². The summed E-state index contributed by atoms with van der Waals surface area (Å²) in [4.78, 5) is 4.14. The molecule has 0 saturated carbocycles. The van der Waals surface area contributed by atoms with Gasteiger partial charge in [-0.25, -0.2) is 18.1 Å². The van der Waals surface area contributed by atoms with Crippen LogP contribution in [0.4, 0.5) is 5.82 Å². The normalized spacial score (nSPS) is 14.7. The summed E-state index contributed by atoms with van der Waals surface area (Å²) in [6.45, 7) is 8.65. The number of sulfonamides is 1. The predicted octanol–water partition coefficient (Wildman–Crippen LogP) is 3.27. The van der Waals surface area contributed by atoms with Crippen molar-refractivity contribution in [3.05, 3.63) is 17.3 Å². The fraction of sp³-hybridized carbons (Fsp3) is 0.643. The molecule has 0 aliphatic heterocycles. The maximum absolute atomic E-state index is 12.3. The molecular weight excluding hydrogens is 310 g/mol. The molecule has 0 amide bonds. The molecule has 2 N–H and O–H groups in total. The minimum absolute atomic E-state index is 0.0881. The zero-order chi connectivity index (χ0) is 16.0. The summed E-state index contributed by atoms with van der Waals surface area (Å²) in [6.07, 6.45) is 3.14. The molecule has 7 heteroatoms. The van der Waals surface area contributed by atoms with E-state index in [-0.39, 0.29) is 10.9 Å². The number of nitrogens with one attached hydrogen (secondary N) is 2. The Balaban J connectivity index is 2.85. The molecule has 0 aliphatic rings. The van der Waals surface area contributed by atoms with Crippen molar-refractivity contribution in [1.82, 2.24) is 9.71 Å². The molecule has 2 unspecified atom stereocenters. The zero-order valence-electron chi connectivity index (χ0n) is 13.0. The van der Waals surface area contributed by atoms with Gasteiger partial charge in [-0.3, -0.25) is 0 Å². The summed E-state index contributed by atoms with van der Waals surface area (Å²) in [5.74, 6) is 0.964. The van der Waals surface area contributed by atoms with Crippen LogP contribution in [0.5, 0.6) is 0 Å². The van der Waals surface area contributed by atoms with Gasteiger partial charge in [0, 0.05) is 18.8 Å². The molecule has 0 bridgehead atoms. The highest BCUT2D eigenvalue weighted by atomic mass is 35.5. The second-order valence-electron chi connectivity index (χ2n) is 5.30. The highest BCUT2D eigenvalue weighted by molar-refractivity contribution is 7.89. The minimum atomic E-state index is -3.59. The number of rotatable bonds is 8. The number of halogens is 1. The first kappa shape index (κ1) is 18.2. The lowest BCUT2D eigenvalue weighted by atomic mass is 10.0. The number of hydrogen-bond acceptors (Lipinski definition) is 4. The van der Waals surface area contributed by atoms with E-state index >= 15 is 0 Å². The van der Waals surface area contributed by atoms with E-state index in [0.29, 0.717) is 23.3 Å². The van der Waals surface area contributed by atoms with Crippen LogP contribution in [0.15, 0.2) is 17.2 Å². The Morgan fingerprint density at radius 1 is 1.33 bits per heavy atom. The number of anilines is 1. The highest BCUT2D eigenvalue weighted by Gasteiger charge is 2.20. The van der Waals surface area contributed by atoms with Crippen LogP contribution in [0.1, 0.15) is 40.5 Å². The molecule has 120 valence electrons. The van der Waals surface area contributed by atoms with Crippen LogP contribution in [0, 0.1) is 5.92 Å². The van der Waals surface area contributed by atoms with Crippen LogP contribution in [0.2, 0.25) is 5.02 Å². The Kier molecular flexibility index (Phi) is 6.90. The van der Waals surface area contributed by atoms with E-state index in [1.807, 2.05) is 13.8 Å². The van der Waals surface area contributed by atoms with E-state index in [9.17, 15) is 8.42 Å². The topological polar surface area (TPSA) is 71.1 Å². The van der Waals surface area contributed by atoms with Crippen LogP contribution >= 0.6 is 11.6 Å². The molecule has 1 heterocycles. The third kappa shape index (κ3) is 5.45. The van der Waals surface area contributed by atoms with Crippen molar-refractivity contribution in [3.8, 4) is 0 Å². The van der Waals surface area contributed by atoms with Crippen molar-refractivity contribution >= 4 is 27.4 Å². The van der Waals surface area contributed by atoms with Crippen LogP contribution < -0.4 is 10.0 Å². The average Bonchev–Trinajstić information content (AvgIpc) is 2.40. The van der Waals surface area contributed by atoms with Crippen molar-refractivity contribution in [1.29, 1.82) is 0 Å². The molecule has 0 fully saturated rings. The van der Waals surface area contributed by atoms with Crippen molar-refractivity contribution in [2.45, 2.75) is 51.5 Å². The molecule has 0 radical (unpaired) electrons. The average molecular weight is 334 g/mol. The summed E-state index contributed by atoms with van der Waals surface area (Å²) in [7, 11) is -3.59.